The predicted molar refractivity (Wildman–Crippen MR) is 53.7 cm³/mol. The Labute approximate surface area is 85.2 Å². The van der Waals surface area contributed by atoms with Crippen molar-refractivity contribution < 1.29 is 1.37 Å². The predicted octanol–water partition coefficient (Wildman–Crippen LogP) is 1.93. The van der Waals surface area contributed by atoms with E-state index < -0.39 is 6.02 Å². The monoisotopic (exact) mass is 195 g/mol. The molecule has 0 fully saturated rings. The van der Waals surface area contributed by atoms with Crippen LogP contribution in [-0.4, -0.2) is 0 Å². The van der Waals surface area contributed by atoms with Gasteiger partial charge in [-0.1, -0.05) is 12.1 Å². The first kappa shape index (κ1) is 8.55. The van der Waals surface area contributed by atoms with Crippen molar-refractivity contribution in [1.29, 1.82) is 5.26 Å². The van der Waals surface area contributed by atoms with E-state index in [0.717, 1.165) is 17.5 Å². The highest BCUT2D eigenvalue weighted by Gasteiger charge is 2.20. The van der Waals surface area contributed by atoms with Gasteiger partial charge in [0.05, 0.1) is 13.0 Å². The Hall–Kier alpha value is -1.04. The maximum atomic E-state index is 8.82. The number of nitrogens with zero attached hydrogens (tertiary/aromatic N) is 1. The number of hydrogen-bond acceptors (Lipinski definition) is 2. The normalized spacial score (nSPS) is 25.4. The largest absolute Gasteiger partial charge is 0.324 e. The van der Waals surface area contributed by atoms with E-state index in [9.17, 15) is 0 Å². The molecule has 0 bridgehead atoms. The summed E-state index contributed by atoms with van der Waals surface area (Å²) < 4.78 is 7.81. The van der Waals surface area contributed by atoms with E-state index in [1.807, 2.05) is 6.07 Å². The third-order valence-corrected chi connectivity index (χ3v) is 2.29. The highest BCUT2D eigenvalue weighted by atomic mass is 35.5. The molecule has 1 aromatic carbocycles. The molecule has 1 aliphatic rings. The average molecular weight is 196 g/mol. The van der Waals surface area contributed by atoms with Gasteiger partial charge in [-0.05, 0) is 30.0 Å². The maximum Gasteiger partial charge on any atom is 0.0994 e. The average Bonchev–Trinajstić information content (AvgIpc) is 2.43. The van der Waals surface area contributed by atoms with E-state index in [1.165, 1.54) is 0 Å². The Morgan fingerprint density at radius 3 is 3.08 bits per heavy atom. The number of rotatable bonds is 0. The molecule has 2 rings (SSSR count). The zero-order chi connectivity index (χ0) is 9.47. The Morgan fingerprint density at radius 2 is 2.38 bits per heavy atom. The van der Waals surface area contributed by atoms with Crippen LogP contribution in [0.4, 0.5) is 0 Å². The number of halogens is 1. The molecule has 0 aliphatic heterocycles. The van der Waals surface area contributed by atoms with Crippen LogP contribution in [0.15, 0.2) is 18.2 Å². The van der Waals surface area contributed by atoms with Crippen molar-refractivity contribution in [3.63, 3.8) is 0 Å². The SMILES string of the molecule is Cl.[2H][C@]1(N)CCc2c(C#N)cccc21. The van der Waals surface area contributed by atoms with Crippen LogP contribution in [0.3, 0.4) is 0 Å². The summed E-state index contributed by atoms with van der Waals surface area (Å²) >= 11 is 0. The molecule has 0 saturated heterocycles. The summed E-state index contributed by atoms with van der Waals surface area (Å²) in [5, 5.41) is 8.82. The first-order chi connectivity index (χ1) is 6.15. The Bertz CT molecular complexity index is 396. The molecule has 68 valence electrons. The van der Waals surface area contributed by atoms with E-state index in [-0.39, 0.29) is 12.4 Å². The zero-order valence-corrected chi connectivity index (χ0v) is 7.90. The van der Waals surface area contributed by atoms with Gasteiger partial charge in [0.15, 0.2) is 0 Å². The second-order valence-electron chi connectivity index (χ2n) is 2.97. The molecule has 0 saturated carbocycles. The lowest BCUT2D eigenvalue weighted by molar-refractivity contribution is 0.713. The van der Waals surface area contributed by atoms with Crippen molar-refractivity contribution in [2.75, 3.05) is 0 Å². The second-order valence-corrected chi connectivity index (χ2v) is 2.97. The zero-order valence-electron chi connectivity index (χ0n) is 8.08. The van der Waals surface area contributed by atoms with Gasteiger partial charge >= 0.3 is 0 Å². The molecule has 1 atom stereocenters. The summed E-state index contributed by atoms with van der Waals surface area (Å²) in [6.45, 7) is 0. The van der Waals surface area contributed by atoms with Gasteiger partial charge in [0.25, 0.3) is 0 Å². The minimum Gasteiger partial charge on any atom is -0.324 e. The van der Waals surface area contributed by atoms with Crippen molar-refractivity contribution >= 4 is 12.4 Å². The maximum absolute atomic E-state index is 8.82. The van der Waals surface area contributed by atoms with E-state index >= 15 is 0 Å². The van der Waals surface area contributed by atoms with Crippen LogP contribution in [0.1, 0.15) is 30.5 Å². The molecule has 0 heterocycles. The fourth-order valence-electron chi connectivity index (χ4n) is 1.66. The molecule has 0 amide bonds. The van der Waals surface area contributed by atoms with Gasteiger partial charge in [0.1, 0.15) is 0 Å². The molecule has 2 nitrogen and oxygen atoms in total. The Morgan fingerprint density at radius 1 is 1.62 bits per heavy atom. The van der Waals surface area contributed by atoms with Crippen molar-refractivity contribution in [1.82, 2.24) is 0 Å². The van der Waals surface area contributed by atoms with Gasteiger partial charge in [-0.15, -0.1) is 12.4 Å². The van der Waals surface area contributed by atoms with Crippen LogP contribution in [0.25, 0.3) is 0 Å². The first-order valence-electron chi connectivity index (χ1n) is 4.46. The number of nitrogens with two attached hydrogens (primary N) is 1. The van der Waals surface area contributed by atoms with Crippen LogP contribution >= 0.6 is 12.4 Å². The van der Waals surface area contributed by atoms with E-state index in [4.69, 9.17) is 12.4 Å². The lowest BCUT2D eigenvalue weighted by atomic mass is 10.0. The number of benzene rings is 1. The lowest BCUT2D eigenvalue weighted by Crippen LogP contribution is -2.04. The summed E-state index contributed by atoms with van der Waals surface area (Å²) in [5.41, 5.74) is 8.21. The standard InChI is InChI=1S/C10H10N2.ClH/c11-6-7-2-1-3-9-8(7)4-5-10(9)12;/h1-3,10H,4-5,12H2;1H/t10-;/m0./s1/i10D;. The van der Waals surface area contributed by atoms with Crippen LogP contribution in [0.2, 0.25) is 0 Å². The van der Waals surface area contributed by atoms with Gasteiger partial charge < -0.3 is 5.73 Å². The molecule has 1 aromatic rings. The van der Waals surface area contributed by atoms with Crippen molar-refractivity contribution in [3.8, 4) is 6.07 Å². The molecule has 1 aliphatic carbocycles. The molecule has 2 N–H and O–H groups in total. The van der Waals surface area contributed by atoms with Gasteiger partial charge in [0, 0.05) is 6.02 Å². The number of nitriles is 1. The number of hydrogen-bond donors (Lipinski definition) is 1. The molecular formula is C10H11ClN2. The van der Waals surface area contributed by atoms with Crippen molar-refractivity contribution in [2.45, 2.75) is 18.9 Å². The molecule has 0 radical (unpaired) electrons. The molecule has 13 heavy (non-hydrogen) atoms. The van der Waals surface area contributed by atoms with Crippen LogP contribution < -0.4 is 5.73 Å². The molecule has 0 unspecified atom stereocenters. The molecule has 3 heteroatoms. The summed E-state index contributed by atoms with van der Waals surface area (Å²) in [6.07, 6.45) is 1.36. The van der Waals surface area contributed by atoms with Gasteiger partial charge in [-0.2, -0.15) is 5.26 Å². The topological polar surface area (TPSA) is 49.8 Å². The minimum atomic E-state index is -0.984. The van der Waals surface area contributed by atoms with Crippen LogP contribution in [-0.2, 0) is 6.42 Å². The highest BCUT2D eigenvalue weighted by Crippen LogP contribution is 2.30. The fraction of sp³-hybridized carbons (Fsp3) is 0.300. The number of fused-ring (bicyclic) bond motifs is 1. The quantitative estimate of drug-likeness (QED) is 0.688. The lowest BCUT2D eigenvalue weighted by Gasteiger charge is -2.03. The smallest absolute Gasteiger partial charge is 0.0994 e. The van der Waals surface area contributed by atoms with Crippen LogP contribution in [0.5, 0.6) is 0 Å². The molecule has 0 spiro atoms. The Kier molecular flexibility index (Phi) is 2.49. The third kappa shape index (κ3) is 1.53. The second kappa shape index (κ2) is 3.78. The van der Waals surface area contributed by atoms with Crippen LogP contribution in [0, 0.1) is 11.3 Å². The van der Waals surface area contributed by atoms with Gasteiger partial charge in [-0.3, -0.25) is 0 Å². The molecular weight excluding hydrogens is 184 g/mol. The summed E-state index contributed by atoms with van der Waals surface area (Å²) in [7, 11) is 0. The summed E-state index contributed by atoms with van der Waals surface area (Å²) in [4.78, 5) is 0. The summed E-state index contributed by atoms with van der Waals surface area (Å²) in [5.74, 6) is 0. The minimum absolute atomic E-state index is 0. The molecule has 0 aromatic heterocycles. The van der Waals surface area contributed by atoms with Gasteiger partial charge in [0.2, 0.25) is 0 Å². The fourth-order valence-corrected chi connectivity index (χ4v) is 1.66. The summed E-state index contributed by atoms with van der Waals surface area (Å²) in [6, 6.07) is 6.55. The Balaban J connectivity index is 0.000000980. The highest BCUT2D eigenvalue weighted by molar-refractivity contribution is 5.85. The first-order valence-corrected chi connectivity index (χ1v) is 3.96. The third-order valence-electron chi connectivity index (χ3n) is 2.29. The van der Waals surface area contributed by atoms with Crippen molar-refractivity contribution in [3.05, 3.63) is 34.9 Å². The van der Waals surface area contributed by atoms with E-state index in [0.29, 0.717) is 12.0 Å². The van der Waals surface area contributed by atoms with Gasteiger partial charge in [-0.25, -0.2) is 0 Å². The van der Waals surface area contributed by atoms with E-state index in [1.54, 1.807) is 12.1 Å². The van der Waals surface area contributed by atoms with Crippen molar-refractivity contribution in [2.24, 2.45) is 5.73 Å². The van der Waals surface area contributed by atoms with E-state index in [2.05, 4.69) is 6.07 Å².